The Morgan fingerprint density at radius 1 is 0.875 bits per heavy atom. The van der Waals surface area contributed by atoms with E-state index in [0.717, 1.165) is 24.0 Å². The van der Waals surface area contributed by atoms with Crippen molar-refractivity contribution < 1.29 is 9.59 Å². The van der Waals surface area contributed by atoms with Gasteiger partial charge in [-0.2, -0.15) is 0 Å². The first-order valence-corrected chi connectivity index (χ1v) is 8.82. The summed E-state index contributed by atoms with van der Waals surface area (Å²) in [5, 5.41) is 0. The Kier molecular flexibility index (Phi) is 4.94. The van der Waals surface area contributed by atoms with Crippen LogP contribution in [0.2, 0.25) is 0 Å². The molecule has 0 unspecified atom stereocenters. The topological polar surface area (TPSA) is 34.1 Å². The van der Waals surface area contributed by atoms with Crippen molar-refractivity contribution in [3.05, 3.63) is 71.8 Å². The predicted molar refractivity (Wildman–Crippen MR) is 96.1 cm³/mol. The molecule has 0 spiro atoms. The van der Waals surface area contributed by atoms with Gasteiger partial charge in [0.25, 0.3) is 0 Å². The Balaban J connectivity index is 1.87. The zero-order valence-electron chi connectivity index (χ0n) is 14.3. The van der Waals surface area contributed by atoms with Crippen LogP contribution in [0.1, 0.15) is 47.4 Å². The third-order valence-electron chi connectivity index (χ3n) is 5.44. The van der Waals surface area contributed by atoms with E-state index in [1.54, 1.807) is 0 Å². The van der Waals surface area contributed by atoms with Gasteiger partial charge in [-0.3, -0.25) is 9.59 Å². The molecular weight excluding hydrogens is 296 g/mol. The first kappa shape index (κ1) is 16.6. The molecule has 4 atom stereocenters. The second kappa shape index (κ2) is 7.12. The van der Waals surface area contributed by atoms with E-state index < -0.39 is 0 Å². The SMILES string of the molecule is CC[C@@H]1[C@H](C(=O)c2ccccc2)[C@H](C)C[C@H]1C(=O)c1ccccc1. The molecule has 0 aliphatic heterocycles. The summed E-state index contributed by atoms with van der Waals surface area (Å²) in [4.78, 5) is 26.0. The highest BCUT2D eigenvalue weighted by atomic mass is 16.1. The van der Waals surface area contributed by atoms with E-state index in [4.69, 9.17) is 0 Å². The van der Waals surface area contributed by atoms with Crippen LogP contribution in [-0.4, -0.2) is 11.6 Å². The largest absolute Gasteiger partial charge is 0.294 e. The maximum atomic E-state index is 13.0. The van der Waals surface area contributed by atoms with Gasteiger partial charge in [-0.1, -0.05) is 80.9 Å². The molecule has 1 aliphatic carbocycles. The van der Waals surface area contributed by atoms with Gasteiger partial charge in [-0.05, 0) is 18.3 Å². The second-order valence-corrected chi connectivity index (χ2v) is 6.88. The maximum absolute atomic E-state index is 13.0. The molecule has 0 bridgehead atoms. The molecule has 2 heteroatoms. The van der Waals surface area contributed by atoms with Crippen LogP contribution in [0.15, 0.2) is 60.7 Å². The lowest BCUT2D eigenvalue weighted by molar-refractivity contribution is 0.0812. The molecule has 0 aromatic heterocycles. The normalized spacial score (nSPS) is 26.2. The van der Waals surface area contributed by atoms with Gasteiger partial charge in [0.15, 0.2) is 11.6 Å². The molecule has 24 heavy (non-hydrogen) atoms. The van der Waals surface area contributed by atoms with Crippen LogP contribution in [0.4, 0.5) is 0 Å². The van der Waals surface area contributed by atoms with Crippen molar-refractivity contribution in [2.45, 2.75) is 26.7 Å². The monoisotopic (exact) mass is 320 g/mol. The van der Waals surface area contributed by atoms with Crippen LogP contribution in [0.25, 0.3) is 0 Å². The van der Waals surface area contributed by atoms with E-state index >= 15 is 0 Å². The van der Waals surface area contributed by atoms with Gasteiger partial charge in [0.05, 0.1) is 0 Å². The molecule has 2 nitrogen and oxygen atoms in total. The second-order valence-electron chi connectivity index (χ2n) is 6.88. The van der Waals surface area contributed by atoms with Crippen LogP contribution < -0.4 is 0 Å². The third-order valence-corrected chi connectivity index (χ3v) is 5.44. The average Bonchev–Trinajstić information content (AvgIpc) is 2.98. The minimum absolute atomic E-state index is 0.0509. The Morgan fingerprint density at radius 3 is 1.88 bits per heavy atom. The predicted octanol–water partition coefficient (Wildman–Crippen LogP) is 5.05. The molecule has 1 saturated carbocycles. The van der Waals surface area contributed by atoms with Gasteiger partial charge in [0.1, 0.15) is 0 Å². The Bertz CT molecular complexity index is 705. The van der Waals surface area contributed by atoms with Gasteiger partial charge in [0, 0.05) is 23.0 Å². The maximum Gasteiger partial charge on any atom is 0.166 e. The molecule has 124 valence electrons. The first-order valence-electron chi connectivity index (χ1n) is 8.82. The number of carbonyl (C=O) groups is 2. The van der Waals surface area contributed by atoms with Crippen molar-refractivity contribution in [3.63, 3.8) is 0 Å². The third kappa shape index (κ3) is 3.06. The van der Waals surface area contributed by atoms with Crippen LogP contribution >= 0.6 is 0 Å². The van der Waals surface area contributed by atoms with E-state index in [-0.39, 0.29) is 35.2 Å². The van der Waals surface area contributed by atoms with E-state index in [2.05, 4.69) is 13.8 Å². The summed E-state index contributed by atoms with van der Waals surface area (Å²) in [6.45, 7) is 4.21. The quantitative estimate of drug-likeness (QED) is 0.722. The lowest BCUT2D eigenvalue weighted by Crippen LogP contribution is -2.28. The number of hydrogen-bond acceptors (Lipinski definition) is 2. The highest BCUT2D eigenvalue weighted by molar-refractivity contribution is 6.01. The first-order chi connectivity index (χ1) is 11.6. The molecule has 3 rings (SSSR count). The molecule has 2 aromatic rings. The van der Waals surface area contributed by atoms with Gasteiger partial charge in [0.2, 0.25) is 0 Å². The fourth-order valence-electron chi connectivity index (χ4n) is 4.30. The number of ketones is 2. The zero-order chi connectivity index (χ0) is 17.1. The summed E-state index contributed by atoms with van der Waals surface area (Å²) in [5.74, 6) is 0.636. The highest BCUT2D eigenvalue weighted by Gasteiger charge is 2.46. The summed E-state index contributed by atoms with van der Waals surface area (Å²) < 4.78 is 0. The fraction of sp³-hybridized carbons (Fsp3) is 0.364. The molecule has 1 aliphatic rings. The summed E-state index contributed by atoms with van der Waals surface area (Å²) in [6.07, 6.45) is 1.66. The fourth-order valence-corrected chi connectivity index (χ4v) is 4.30. The minimum atomic E-state index is -0.0601. The molecule has 0 amide bonds. The highest BCUT2D eigenvalue weighted by Crippen LogP contribution is 2.46. The van der Waals surface area contributed by atoms with Gasteiger partial charge >= 0.3 is 0 Å². The van der Waals surface area contributed by atoms with Crippen molar-refractivity contribution in [2.75, 3.05) is 0 Å². The average molecular weight is 320 g/mol. The Morgan fingerprint density at radius 2 is 1.38 bits per heavy atom. The van der Waals surface area contributed by atoms with Gasteiger partial charge < -0.3 is 0 Å². The molecule has 0 N–H and O–H groups in total. The van der Waals surface area contributed by atoms with Gasteiger partial charge in [-0.25, -0.2) is 0 Å². The number of carbonyl (C=O) groups excluding carboxylic acids is 2. The Labute approximate surface area is 143 Å². The van der Waals surface area contributed by atoms with E-state index in [9.17, 15) is 9.59 Å². The minimum Gasteiger partial charge on any atom is -0.294 e. The zero-order valence-corrected chi connectivity index (χ0v) is 14.3. The van der Waals surface area contributed by atoms with Crippen LogP contribution in [0.3, 0.4) is 0 Å². The summed E-state index contributed by atoms with van der Waals surface area (Å²) >= 11 is 0. The lowest BCUT2D eigenvalue weighted by Gasteiger charge is -2.23. The van der Waals surface area contributed by atoms with Crippen molar-refractivity contribution in [2.24, 2.45) is 23.7 Å². The molecule has 0 saturated heterocycles. The molecule has 2 aromatic carbocycles. The van der Waals surface area contributed by atoms with E-state index in [0.29, 0.717) is 0 Å². The van der Waals surface area contributed by atoms with Crippen LogP contribution in [0, 0.1) is 23.7 Å². The number of hydrogen-bond donors (Lipinski definition) is 0. The van der Waals surface area contributed by atoms with Crippen LogP contribution in [-0.2, 0) is 0 Å². The summed E-state index contributed by atoms with van der Waals surface area (Å²) in [7, 11) is 0. The standard InChI is InChI=1S/C22H24O2/c1-3-18-19(21(23)16-10-6-4-7-11-16)14-15(2)20(18)22(24)17-12-8-5-9-13-17/h4-13,15,18-20H,3,14H2,1-2H3/t15-,18+,19-,20-/m1/s1. The van der Waals surface area contributed by atoms with Crippen molar-refractivity contribution in [3.8, 4) is 0 Å². The van der Waals surface area contributed by atoms with Gasteiger partial charge in [-0.15, -0.1) is 0 Å². The number of rotatable bonds is 5. The number of benzene rings is 2. The summed E-state index contributed by atoms with van der Waals surface area (Å²) in [5.41, 5.74) is 1.53. The summed E-state index contributed by atoms with van der Waals surface area (Å²) in [6, 6.07) is 19.0. The van der Waals surface area contributed by atoms with Crippen LogP contribution in [0.5, 0.6) is 0 Å². The molecule has 0 radical (unpaired) electrons. The van der Waals surface area contributed by atoms with Crippen molar-refractivity contribution in [1.82, 2.24) is 0 Å². The van der Waals surface area contributed by atoms with Crippen molar-refractivity contribution >= 4 is 11.6 Å². The smallest absolute Gasteiger partial charge is 0.166 e. The van der Waals surface area contributed by atoms with E-state index in [1.165, 1.54) is 0 Å². The number of Topliss-reactive ketones (excluding diaryl/α,β-unsaturated/α-hetero) is 2. The van der Waals surface area contributed by atoms with Crippen molar-refractivity contribution in [1.29, 1.82) is 0 Å². The van der Waals surface area contributed by atoms with E-state index in [1.807, 2.05) is 60.7 Å². The molecule has 0 heterocycles. The Hall–Kier alpha value is -2.22. The molecular formula is C22H24O2. The lowest BCUT2D eigenvalue weighted by atomic mass is 9.78. The molecule has 1 fully saturated rings.